The number of anilines is 1. The molecule has 1 aromatic heterocycles. The minimum absolute atomic E-state index is 0.0474. The monoisotopic (exact) mass is 253 g/mol. The van der Waals surface area contributed by atoms with Crippen molar-refractivity contribution < 1.29 is 4.79 Å². The van der Waals surface area contributed by atoms with Crippen LogP contribution in [0.4, 0.5) is 5.69 Å². The number of nitrogens with zero attached hydrogens (tertiary/aromatic N) is 4. The normalized spacial score (nSPS) is 10.9. The van der Waals surface area contributed by atoms with E-state index in [1.54, 1.807) is 11.9 Å². The largest absolute Gasteiger partial charge is 0.396 e. The van der Waals surface area contributed by atoms with Crippen molar-refractivity contribution in [2.24, 2.45) is 7.05 Å². The molecule has 0 atom stereocenters. The van der Waals surface area contributed by atoms with Crippen molar-refractivity contribution in [1.29, 1.82) is 0 Å². The van der Waals surface area contributed by atoms with Gasteiger partial charge in [-0.1, -0.05) is 0 Å². The molecule has 1 aromatic rings. The molecule has 2 N–H and O–H groups in total. The molecule has 102 valence electrons. The summed E-state index contributed by atoms with van der Waals surface area (Å²) in [5.41, 5.74) is 6.68. The molecule has 0 unspecified atom stereocenters. The third kappa shape index (κ3) is 3.46. The quantitative estimate of drug-likeness (QED) is 0.797. The average Bonchev–Trinajstić information content (AvgIpc) is 2.63. The smallest absolute Gasteiger partial charge is 0.274 e. The van der Waals surface area contributed by atoms with Crippen molar-refractivity contribution in [2.45, 2.75) is 13.3 Å². The van der Waals surface area contributed by atoms with Crippen LogP contribution >= 0.6 is 0 Å². The summed E-state index contributed by atoms with van der Waals surface area (Å²) in [6, 6.07) is 0. The lowest BCUT2D eigenvalue weighted by molar-refractivity contribution is 0.0749. The van der Waals surface area contributed by atoms with E-state index in [-0.39, 0.29) is 5.91 Å². The molecule has 0 saturated carbocycles. The molecule has 0 aromatic carbocycles. The van der Waals surface area contributed by atoms with Crippen molar-refractivity contribution in [3.05, 3.63) is 11.9 Å². The van der Waals surface area contributed by atoms with E-state index in [1.165, 1.54) is 10.9 Å². The number of nitrogens with two attached hydrogens (primary N) is 1. The molecule has 0 aliphatic heterocycles. The predicted octanol–water partition coefficient (Wildman–Crippen LogP) is 0.416. The Hall–Kier alpha value is -1.56. The lowest BCUT2D eigenvalue weighted by atomic mass is 10.3. The molecule has 1 rings (SSSR count). The molecule has 18 heavy (non-hydrogen) atoms. The topological polar surface area (TPSA) is 67.4 Å². The lowest BCUT2D eigenvalue weighted by Gasteiger charge is -2.22. The molecular formula is C12H23N5O. The first-order valence-electron chi connectivity index (χ1n) is 6.18. The van der Waals surface area contributed by atoms with Gasteiger partial charge < -0.3 is 15.5 Å². The number of aryl methyl sites for hydroxylation is 1. The first kappa shape index (κ1) is 14.5. The molecule has 6 heteroatoms. The van der Waals surface area contributed by atoms with Gasteiger partial charge in [-0.05, 0) is 34.0 Å². The Morgan fingerprint density at radius 2 is 2.11 bits per heavy atom. The molecule has 0 radical (unpaired) electrons. The summed E-state index contributed by atoms with van der Waals surface area (Å²) < 4.78 is 1.53. The van der Waals surface area contributed by atoms with Gasteiger partial charge in [-0.3, -0.25) is 9.48 Å². The van der Waals surface area contributed by atoms with Gasteiger partial charge in [0.15, 0.2) is 0 Å². The Balaban J connectivity index is 2.68. The van der Waals surface area contributed by atoms with Crippen molar-refractivity contribution in [3.63, 3.8) is 0 Å². The van der Waals surface area contributed by atoms with Crippen LogP contribution in [0.25, 0.3) is 0 Å². The fraction of sp³-hybridized carbons (Fsp3) is 0.667. The summed E-state index contributed by atoms with van der Waals surface area (Å²) in [6.07, 6.45) is 2.46. The van der Waals surface area contributed by atoms with E-state index in [0.717, 1.165) is 19.5 Å². The second-order valence-corrected chi connectivity index (χ2v) is 4.61. The molecule has 1 amide bonds. The highest BCUT2D eigenvalue weighted by atomic mass is 16.2. The molecule has 0 spiro atoms. The van der Waals surface area contributed by atoms with Crippen LogP contribution in [0.3, 0.4) is 0 Å². The maximum atomic E-state index is 12.3. The highest BCUT2D eigenvalue weighted by molar-refractivity contribution is 5.97. The second-order valence-electron chi connectivity index (χ2n) is 4.61. The Labute approximate surface area is 108 Å². The van der Waals surface area contributed by atoms with Gasteiger partial charge in [0.2, 0.25) is 0 Å². The third-order valence-electron chi connectivity index (χ3n) is 2.87. The average molecular weight is 253 g/mol. The number of rotatable bonds is 6. The first-order chi connectivity index (χ1) is 8.47. The molecular weight excluding hydrogens is 230 g/mol. The summed E-state index contributed by atoms with van der Waals surface area (Å²) in [7, 11) is 5.78. The zero-order valence-corrected chi connectivity index (χ0v) is 11.7. The van der Waals surface area contributed by atoms with Crippen LogP contribution in [-0.2, 0) is 7.05 Å². The fourth-order valence-corrected chi connectivity index (χ4v) is 1.85. The molecule has 0 fully saturated rings. The van der Waals surface area contributed by atoms with Gasteiger partial charge in [-0.15, -0.1) is 0 Å². The van der Waals surface area contributed by atoms with E-state index in [1.807, 2.05) is 21.0 Å². The number of aromatic nitrogens is 2. The summed E-state index contributed by atoms with van der Waals surface area (Å²) >= 11 is 0. The summed E-state index contributed by atoms with van der Waals surface area (Å²) in [5.74, 6) is -0.0474. The van der Waals surface area contributed by atoms with Crippen LogP contribution in [0.15, 0.2) is 6.20 Å². The van der Waals surface area contributed by atoms with Crippen LogP contribution in [0.1, 0.15) is 23.8 Å². The number of hydrogen-bond donors (Lipinski definition) is 1. The van der Waals surface area contributed by atoms with Gasteiger partial charge in [-0.2, -0.15) is 5.10 Å². The predicted molar refractivity (Wildman–Crippen MR) is 72.4 cm³/mol. The molecule has 0 aliphatic carbocycles. The Bertz CT molecular complexity index is 380. The van der Waals surface area contributed by atoms with Gasteiger partial charge in [0, 0.05) is 20.1 Å². The molecule has 1 heterocycles. The fourth-order valence-electron chi connectivity index (χ4n) is 1.85. The SMILES string of the molecule is CCN(CCCN(C)C)C(=O)c1c(N)cnn1C. The summed E-state index contributed by atoms with van der Waals surface area (Å²) in [4.78, 5) is 16.2. The zero-order valence-electron chi connectivity index (χ0n) is 11.7. The van der Waals surface area contributed by atoms with Crippen LogP contribution in [0, 0.1) is 0 Å². The van der Waals surface area contributed by atoms with E-state index in [4.69, 9.17) is 5.73 Å². The number of nitrogen functional groups attached to an aromatic ring is 1. The summed E-state index contributed by atoms with van der Waals surface area (Å²) in [5, 5.41) is 4.00. The van der Waals surface area contributed by atoms with Crippen molar-refractivity contribution >= 4 is 11.6 Å². The van der Waals surface area contributed by atoms with Crippen molar-refractivity contribution in [3.8, 4) is 0 Å². The second kappa shape index (κ2) is 6.39. The van der Waals surface area contributed by atoms with Gasteiger partial charge in [0.1, 0.15) is 5.69 Å². The third-order valence-corrected chi connectivity index (χ3v) is 2.87. The maximum Gasteiger partial charge on any atom is 0.274 e. The lowest BCUT2D eigenvalue weighted by Crippen LogP contribution is -2.34. The maximum absolute atomic E-state index is 12.3. The van der Waals surface area contributed by atoms with Crippen LogP contribution in [-0.4, -0.2) is 59.2 Å². The minimum Gasteiger partial charge on any atom is -0.396 e. The van der Waals surface area contributed by atoms with Gasteiger partial charge >= 0.3 is 0 Å². The Kier molecular flexibility index (Phi) is 5.15. The van der Waals surface area contributed by atoms with Crippen LogP contribution < -0.4 is 5.73 Å². The van der Waals surface area contributed by atoms with Crippen LogP contribution in [0.2, 0.25) is 0 Å². The number of carbonyl (C=O) groups excluding carboxylic acids is 1. The minimum atomic E-state index is -0.0474. The molecule has 0 aliphatic rings. The van der Waals surface area contributed by atoms with E-state index < -0.39 is 0 Å². The Morgan fingerprint density at radius 1 is 1.44 bits per heavy atom. The van der Waals surface area contributed by atoms with E-state index >= 15 is 0 Å². The van der Waals surface area contributed by atoms with Gasteiger partial charge in [0.05, 0.1) is 11.9 Å². The van der Waals surface area contributed by atoms with Gasteiger partial charge in [-0.25, -0.2) is 0 Å². The summed E-state index contributed by atoms with van der Waals surface area (Å²) in [6.45, 7) is 4.35. The number of carbonyl (C=O) groups is 1. The zero-order chi connectivity index (χ0) is 13.7. The van der Waals surface area contributed by atoms with E-state index in [2.05, 4.69) is 10.00 Å². The standard InChI is InChI=1S/C12H23N5O/c1-5-17(8-6-7-15(2)3)12(18)11-10(13)9-14-16(11)4/h9H,5-8,13H2,1-4H3. The van der Waals surface area contributed by atoms with Crippen LogP contribution in [0.5, 0.6) is 0 Å². The molecule has 6 nitrogen and oxygen atoms in total. The van der Waals surface area contributed by atoms with Gasteiger partial charge in [0.25, 0.3) is 5.91 Å². The van der Waals surface area contributed by atoms with E-state index in [0.29, 0.717) is 17.9 Å². The first-order valence-corrected chi connectivity index (χ1v) is 6.18. The highest BCUT2D eigenvalue weighted by Crippen LogP contribution is 2.12. The highest BCUT2D eigenvalue weighted by Gasteiger charge is 2.20. The van der Waals surface area contributed by atoms with Crippen molar-refractivity contribution in [2.75, 3.05) is 39.5 Å². The Morgan fingerprint density at radius 3 is 2.56 bits per heavy atom. The molecule has 0 saturated heterocycles. The van der Waals surface area contributed by atoms with E-state index in [9.17, 15) is 4.79 Å². The number of hydrogen-bond acceptors (Lipinski definition) is 4. The number of amides is 1. The van der Waals surface area contributed by atoms with Crippen molar-refractivity contribution in [1.82, 2.24) is 19.6 Å². The molecule has 0 bridgehead atoms.